The van der Waals surface area contributed by atoms with Gasteiger partial charge in [-0.05, 0) is 67.7 Å². The van der Waals surface area contributed by atoms with Crippen LogP contribution in [-0.4, -0.2) is 31.5 Å². The van der Waals surface area contributed by atoms with E-state index < -0.39 is 13.9 Å². The highest BCUT2D eigenvalue weighted by atomic mass is 28.4. The summed E-state index contributed by atoms with van der Waals surface area (Å²) in [5, 5.41) is 0.110. The number of carbonyl (C=O) groups excluding carboxylic acids is 1. The Hall–Kier alpha value is -2.53. The molecule has 0 radical (unpaired) electrons. The van der Waals surface area contributed by atoms with Crippen LogP contribution in [0.25, 0.3) is 5.57 Å². The zero-order valence-electron chi connectivity index (χ0n) is 20.7. The molecule has 1 heterocycles. The highest BCUT2D eigenvalue weighted by molar-refractivity contribution is 6.74. The number of nitrogens with zero attached hydrogens (tertiary/aromatic N) is 1. The first kappa shape index (κ1) is 24.1. The summed E-state index contributed by atoms with van der Waals surface area (Å²) in [5.41, 5.74) is 2.72. The molecule has 0 aliphatic carbocycles. The summed E-state index contributed by atoms with van der Waals surface area (Å²) < 4.78 is 12.3. The lowest BCUT2D eigenvalue weighted by molar-refractivity contribution is 0.0242. The molecule has 0 saturated carbocycles. The molecule has 172 valence electrons. The Kier molecular flexibility index (Phi) is 6.61. The molecule has 0 N–H and O–H groups in total. The Labute approximate surface area is 194 Å². The summed E-state index contributed by atoms with van der Waals surface area (Å²) in [6.45, 7) is 17.4. The van der Waals surface area contributed by atoms with Crippen molar-refractivity contribution in [2.45, 2.75) is 71.3 Å². The number of benzene rings is 2. The van der Waals surface area contributed by atoms with Gasteiger partial charge in [0.05, 0.1) is 12.6 Å². The van der Waals surface area contributed by atoms with Crippen molar-refractivity contribution in [1.82, 2.24) is 4.90 Å². The van der Waals surface area contributed by atoms with Crippen LogP contribution in [0.15, 0.2) is 60.7 Å². The number of hydrogen-bond donors (Lipinski definition) is 0. The average Bonchev–Trinajstić information content (AvgIpc) is 3.12. The highest BCUT2D eigenvalue weighted by Gasteiger charge is 2.39. The lowest BCUT2D eigenvalue weighted by atomic mass is 10.0. The fourth-order valence-electron chi connectivity index (χ4n) is 3.44. The fraction of sp³-hybridized carbons (Fsp3) is 0.444. The van der Waals surface area contributed by atoms with Gasteiger partial charge in [-0.15, -0.1) is 0 Å². The fourth-order valence-corrected chi connectivity index (χ4v) is 4.46. The molecule has 1 aliphatic rings. The molecule has 3 rings (SSSR count). The molecule has 0 saturated heterocycles. The van der Waals surface area contributed by atoms with Crippen molar-refractivity contribution in [1.29, 1.82) is 0 Å². The summed E-state index contributed by atoms with van der Waals surface area (Å²) in [7, 11) is -1.97. The number of ether oxygens (including phenoxy) is 1. The van der Waals surface area contributed by atoms with Crippen LogP contribution in [-0.2, 0) is 4.74 Å². The van der Waals surface area contributed by atoms with Gasteiger partial charge in [0.2, 0.25) is 8.32 Å². The second-order valence-electron chi connectivity index (χ2n) is 11.0. The topological polar surface area (TPSA) is 38.8 Å². The minimum Gasteiger partial charge on any atom is -0.543 e. The van der Waals surface area contributed by atoms with Gasteiger partial charge in [-0.3, -0.25) is 4.90 Å². The predicted molar refractivity (Wildman–Crippen MR) is 134 cm³/mol. The van der Waals surface area contributed by atoms with Gasteiger partial charge in [0.25, 0.3) is 0 Å². The standard InChI is InChI=1S/C27H37NO3Si/c1-26(2,3)30-25(29)28-19-22(20-13-10-9-11-14-20)18-24(28)21-15-12-16-23(17-21)31-32(7,8)27(4,5)6/h9-18,24H,19H2,1-8H3. The van der Waals surface area contributed by atoms with E-state index >= 15 is 0 Å². The van der Waals surface area contributed by atoms with Crippen molar-refractivity contribution >= 4 is 20.0 Å². The van der Waals surface area contributed by atoms with Gasteiger partial charge in [-0.25, -0.2) is 4.79 Å². The molecule has 2 aromatic rings. The van der Waals surface area contributed by atoms with E-state index in [4.69, 9.17) is 9.16 Å². The van der Waals surface area contributed by atoms with Crippen molar-refractivity contribution < 1.29 is 14.0 Å². The maximum absolute atomic E-state index is 13.1. The maximum Gasteiger partial charge on any atom is 0.411 e. The normalized spacial score (nSPS) is 17.2. The molecule has 1 aliphatic heterocycles. The van der Waals surface area contributed by atoms with Crippen molar-refractivity contribution in [3.63, 3.8) is 0 Å². The Bertz CT molecular complexity index is 984. The molecule has 0 bridgehead atoms. The molecule has 1 atom stereocenters. The summed E-state index contributed by atoms with van der Waals surface area (Å²) in [4.78, 5) is 14.9. The van der Waals surface area contributed by atoms with Crippen LogP contribution in [0.3, 0.4) is 0 Å². The summed E-state index contributed by atoms with van der Waals surface area (Å²) in [5.74, 6) is 0.861. The Morgan fingerprint density at radius 1 is 0.969 bits per heavy atom. The van der Waals surface area contributed by atoms with E-state index in [1.807, 2.05) is 51.1 Å². The van der Waals surface area contributed by atoms with Gasteiger partial charge in [0.15, 0.2) is 0 Å². The lowest BCUT2D eigenvalue weighted by Crippen LogP contribution is -2.43. The molecule has 4 nitrogen and oxygen atoms in total. The van der Waals surface area contributed by atoms with Crippen LogP contribution >= 0.6 is 0 Å². The molecule has 1 unspecified atom stereocenters. The Morgan fingerprint density at radius 3 is 2.22 bits per heavy atom. The quantitative estimate of drug-likeness (QED) is 0.453. The first-order valence-electron chi connectivity index (χ1n) is 11.3. The van der Waals surface area contributed by atoms with Crippen molar-refractivity contribution in [2.75, 3.05) is 6.54 Å². The number of carbonyl (C=O) groups is 1. The minimum atomic E-state index is -1.97. The zero-order chi connectivity index (χ0) is 23.7. The lowest BCUT2D eigenvalue weighted by Gasteiger charge is -2.36. The monoisotopic (exact) mass is 451 g/mol. The number of amides is 1. The third-order valence-corrected chi connectivity index (χ3v) is 10.5. The van der Waals surface area contributed by atoms with Crippen LogP contribution in [0.4, 0.5) is 4.79 Å². The van der Waals surface area contributed by atoms with Crippen LogP contribution < -0.4 is 4.43 Å². The third-order valence-electron chi connectivity index (χ3n) is 6.19. The molecule has 0 fully saturated rings. The summed E-state index contributed by atoms with van der Waals surface area (Å²) in [6.07, 6.45) is 1.87. The van der Waals surface area contributed by atoms with E-state index in [-0.39, 0.29) is 17.2 Å². The van der Waals surface area contributed by atoms with Gasteiger partial charge in [-0.2, -0.15) is 0 Å². The zero-order valence-corrected chi connectivity index (χ0v) is 21.7. The highest BCUT2D eigenvalue weighted by Crippen LogP contribution is 2.40. The van der Waals surface area contributed by atoms with Crippen molar-refractivity contribution in [3.8, 4) is 5.75 Å². The molecule has 1 amide bonds. The van der Waals surface area contributed by atoms with Gasteiger partial charge in [0.1, 0.15) is 11.4 Å². The second-order valence-corrected chi connectivity index (χ2v) is 15.8. The second kappa shape index (κ2) is 8.78. The molecular formula is C27H37NO3Si. The summed E-state index contributed by atoms with van der Waals surface area (Å²) in [6, 6.07) is 18.2. The predicted octanol–water partition coefficient (Wildman–Crippen LogP) is 7.45. The number of hydrogen-bond acceptors (Lipinski definition) is 3. The maximum atomic E-state index is 13.1. The van der Waals surface area contributed by atoms with Crippen LogP contribution in [0.2, 0.25) is 18.1 Å². The average molecular weight is 452 g/mol. The molecular weight excluding hydrogens is 414 g/mol. The van der Waals surface area contributed by atoms with E-state index in [0.717, 1.165) is 22.4 Å². The smallest absolute Gasteiger partial charge is 0.411 e. The molecule has 5 heteroatoms. The first-order valence-corrected chi connectivity index (χ1v) is 14.2. The van der Waals surface area contributed by atoms with Crippen LogP contribution in [0.5, 0.6) is 5.75 Å². The van der Waals surface area contributed by atoms with E-state index in [0.29, 0.717) is 6.54 Å². The van der Waals surface area contributed by atoms with Gasteiger partial charge >= 0.3 is 6.09 Å². The SMILES string of the molecule is CC(C)(C)OC(=O)N1CC(c2ccccc2)=CC1c1cccc(O[Si](C)(C)C(C)(C)C)c1. The minimum absolute atomic E-state index is 0.110. The van der Waals surface area contributed by atoms with E-state index in [1.165, 1.54) is 0 Å². The van der Waals surface area contributed by atoms with E-state index in [1.54, 1.807) is 4.90 Å². The Balaban J connectivity index is 1.96. The largest absolute Gasteiger partial charge is 0.543 e. The van der Waals surface area contributed by atoms with E-state index in [9.17, 15) is 4.79 Å². The van der Waals surface area contributed by atoms with Crippen molar-refractivity contribution in [3.05, 3.63) is 71.8 Å². The molecule has 2 aromatic carbocycles. The molecule has 0 spiro atoms. The van der Waals surface area contributed by atoms with Gasteiger partial charge < -0.3 is 9.16 Å². The third kappa shape index (κ3) is 5.63. The summed E-state index contributed by atoms with van der Waals surface area (Å²) >= 11 is 0. The molecule has 32 heavy (non-hydrogen) atoms. The van der Waals surface area contributed by atoms with Gasteiger partial charge in [0, 0.05) is 0 Å². The Morgan fingerprint density at radius 2 is 1.62 bits per heavy atom. The van der Waals surface area contributed by atoms with Crippen LogP contribution in [0, 0.1) is 0 Å². The molecule has 0 aromatic heterocycles. The van der Waals surface area contributed by atoms with Crippen molar-refractivity contribution in [2.24, 2.45) is 0 Å². The van der Waals surface area contributed by atoms with E-state index in [2.05, 4.69) is 64.2 Å². The first-order chi connectivity index (χ1) is 14.8. The van der Waals surface area contributed by atoms with Gasteiger partial charge in [-0.1, -0.05) is 69.3 Å². The number of rotatable bonds is 4. The van der Waals surface area contributed by atoms with Crippen LogP contribution in [0.1, 0.15) is 58.7 Å².